The first-order chi connectivity index (χ1) is 12.6. The summed E-state index contributed by atoms with van der Waals surface area (Å²) in [4.78, 5) is 31.3. The Balaban J connectivity index is 1.63. The normalized spacial score (nSPS) is 20.8. The summed E-state index contributed by atoms with van der Waals surface area (Å²) in [6.07, 6.45) is 5.17. The Morgan fingerprint density at radius 1 is 1.27 bits per heavy atom. The van der Waals surface area contributed by atoms with E-state index in [0.717, 1.165) is 44.3 Å². The van der Waals surface area contributed by atoms with Gasteiger partial charge < -0.3 is 14.7 Å². The lowest BCUT2D eigenvalue weighted by atomic mass is 9.98. The molecule has 1 saturated carbocycles. The summed E-state index contributed by atoms with van der Waals surface area (Å²) >= 11 is 0. The van der Waals surface area contributed by atoms with E-state index in [4.69, 9.17) is 4.52 Å². The van der Waals surface area contributed by atoms with Crippen molar-refractivity contribution in [1.29, 1.82) is 0 Å². The molecule has 1 N–H and O–H groups in total. The van der Waals surface area contributed by atoms with E-state index in [1.165, 1.54) is 0 Å². The van der Waals surface area contributed by atoms with E-state index in [2.05, 4.69) is 15.5 Å². The summed E-state index contributed by atoms with van der Waals surface area (Å²) in [6.45, 7) is 3.20. The molecule has 138 valence electrons. The summed E-state index contributed by atoms with van der Waals surface area (Å²) in [7, 11) is 1.61. The van der Waals surface area contributed by atoms with Gasteiger partial charge in [-0.2, -0.15) is 0 Å². The van der Waals surface area contributed by atoms with Crippen molar-refractivity contribution in [2.24, 2.45) is 5.92 Å². The average Bonchev–Trinajstić information content (AvgIpc) is 3.38. The topological polar surface area (TPSA) is 88.3 Å². The molecule has 1 aliphatic carbocycles. The molecule has 0 radical (unpaired) electrons. The maximum Gasteiger partial charge on any atom is 0.259 e. The van der Waals surface area contributed by atoms with Crippen molar-refractivity contribution in [2.75, 3.05) is 20.1 Å². The summed E-state index contributed by atoms with van der Waals surface area (Å²) in [5.74, 6) is 0.364. The number of nitrogens with zero attached hydrogens (tertiary/aromatic N) is 3. The number of hydrogen-bond donors (Lipinski definition) is 1. The number of hydrogen-bond acceptors (Lipinski definition) is 5. The first-order valence-corrected chi connectivity index (χ1v) is 9.36. The van der Waals surface area contributed by atoms with E-state index >= 15 is 0 Å². The van der Waals surface area contributed by atoms with Gasteiger partial charge >= 0.3 is 0 Å². The first kappa shape index (κ1) is 17.0. The monoisotopic (exact) mass is 356 g/mol. The largest absolute Gasteiger partial charge is 0.355 e. The van der Waals surface area contributed by atoms with Gasteiger partial charge in [-0.05, 0) is 32.3 Å². The number of carbonyl (C=O) groups excluding carboxylic acids is 2. The van der Waals surface area contributed by atoms with Gasteiger partial charge in [0.1, 0.15) is 0 Å². The number of likely N-dealkylation sites (tertiary alicyclic amines) is 1. The predicted octanol–water partition coefficient (Wildman–Crippen LogP) is 2.40. The van der Waals surface area contributed by atoms with Crippen molar-refractivity contribution in [3.8, 4) is 0 Å². The molecule has 3 heterocycles. The third kappa shape index (κ3) is 2.85. The molecule has 7 nitrogen and oxygen atoms in total. The zero-order valence-corrected chi connectivity index (χ0v) is 15.2. The van der Waals surface area contributed by atoms with Crippen LogP contribution in [0.5, 0.6) is 0 Å². The lowest BCUT2D eigenvalue weighted by Crippen LogP contribution is -2.33. The van der Waals surface area contributed by atoms with Crippen LogP contribution >= 0.6 is 0 Å². The molecule has 0 spiro atoms. The highest BCUT2D eigenvalue weighted by molar-refractivity contribution is 6.06. The summed E-state index contributed by atoms with van der Waals surface area (Å²) < 4.78 is 5.43. The van der Waals surface area contributed by atoms with Crippen LogP contribution < -0.4 is 5.32 Å². The molecule has 2 amide bonds. The molecule has 1 aliphatic heterocycles. The van der Waals surface area contributed by atoms with Gasteiger partial charge in [-0.1, -0.05) is 18.0 Å². The third-order valence-corrected chi connectivity index (χ3v) is 5.66. The molecular weight excluding hydrogens is 332 g/mol. The second-order valence-corrected chi connectivity index (χ2v) is 7.39. The van der Waals surface area contributed by atoms with E-state index in [1.807, 2.05) is 11.8 Å². The fourth-order valence-electron chi connectivity index (χ4n) is 4.30. The molecule has 26 heavy (non-hydrogen) atoms. The van der Waals surface area contributed by atoms with E-state index in [9.17, 15) is 9.59 Å². The Labute approximate surface area is 152 Å². The predicted molar refractivity (Wildman–Crippen MR) is 95.8 cm³/mol. The standard InChI is InChI=1S/C19H24N4O3/c1-11-9-14(17(24)20-2)15-16(22-26-18(15)21-11)13-7-8-23(10-13)19(25)12-5-3-4-6-12/h9,12-13H,3-8,10H2,1-2H3,(H,20,24). The van der Waals surface area contributed by atoms with Crippen molar-refractivity contribution in [2.45, 2.75) is 44.9 Å². The minimum absolute atomic E-state index is 0.0783. The van der Waals surface area contributed by atoms with E-state index in [0.29, 0.717) is 28.9 Å². The van der Waals surface area contributed by atoms with Gasteiger partial charge in [0.15, 0.2) is 0 Å². The van der Waals surface area contributed by atoms with Crippen LogP contribution in [0.15, 0.2) is 10.6 Å². The Hall–Kier alpha value is -2.44. The lowest BCUT2D eigenvalue weighted by Gasteiger charge is -2.20. The Morgan fingerprint density at radius 3 is 2.77 bits per heavy atom. The van der Waals surface area contributed by atoms with E-state index < -0.39 is 0 Å². The van der Waals surface area contributed by atoms with Crippen LogP contribution in [0, 0.1) is 12.8 Å². The molecule has 0 bridgehead atoms. The molecule has 2 aromatic heterocycles. The molecule has 2 aliphatic rings. The van der Waals surface area contributed by atoms with Crippen molar-refractivity contribution in [1.82, 2.24) is 20.4 Å². The van der Waals surface area contributed by atoms with Crippen LogP contribution in [0.2, 0.25) is 0 Å². The maximum atomic E-state index is 12.7. The minimum atomic E-state index is -0.179. The van der Waals surface area contributed by atoms with Gasteiger partial charge in [0.05, 0.1) is 16.6 Å². The zero-order valence-electron chi connectivity index (χ0n) is 15.2. The zero-order chi connectivity index (χ0) is 18.3. The van der Waals surface area contributed by atoms with Crippen molar-refractivity contribution in [3.05, 3.63) is 23.0 Å². The maximum absolute atomic E-state index is 12.7. The quantitative estimate of drug-likeness (QED) is 0.912. The van der Waals surface area contributed by atoms with Crippen molar-refractivity contribution in [3.63, 3.8) is 0 Å². The van der Waals surface area contributed by atoms with E-state index in [-0.39, 0.29) is 23.7 Å². The fourth-order valence-corrected chi connectivity index (χ4v) is 4.30. The van der Waals surface area contributed by atoms with Gasteiger partial charge in [-0.25, -0.2) is 4.98 Å². The summed E-state index contributed by atoms with van der Waals surface area (Å²) in [6, 6.07) is 1.76. The molecule has 7 heteroatoms. The van der Waals surface area contributed by atoms with Gasteiger partial charge in [0.25, 0.3) is 11.6 Å². The highest BCUT2D eigenvalue weighted by Crippen LogP contribution is 2.35. The molecule has 0 aromatic carbocycles. The van der Waals surface area contributed by atoms with Crippen LogP contribution in [0.4, 0.5) is 0 Å². The van der Waals surface area contributed by atoms with Crippen LogP contribution in [-0.4, -0.2) is 47.0 Å². The molecule has 2 fully saturated rings. The number of rotatable bonds is 3. The number of fused-ring (bicyclic) bond motifs is 1. The second-order valence-electron chi connectivity index (χ2n) is 7.39. The fraction of sp³-hybridized carbons (Fsp3) is 0.579. The Morgan fingerprint density at radius 2 is 2.04 bits per heavy atom. The number of nitrogens with one attached hydrogen (secondary N) is 1. The molecule has 2 aromatic rings. The molecule has 1 saturated heterocycles. The van der Waals surface area contributed by atoms with Crippen molar-refractivity contribution < 1.29 is 14.1 Å². The SMILES string of the molecule is CNC(=O)c1cc(C)nc2onc(C3CCN(C(=O)C4CCCC4)C3)c12. The molecule has 1 atom stereocenters. The Kier molecular flexibility index (Phi) is 4.38. The molecule has 4 rings (SSSR count). The van der Waals surface area contributed by atoms with Gasteiger partial charge in [0, 0.05) is 37.7 Å². The highest BCUT2D eigenvalue weighted by atomic mass is 16.5. The summed E-state index contributed by atoms with van der Waals surface area (Å²) in [5.41, 5.74) is 2.38. The number of aryl methyl sites for hydroxylation is 1. The lowest BCUT2D eigenvalue weighted by molar-refractivity contribution is -0.134. The van der Waals surface area contributed by atoms with Crippen LogP contribution in [0.3, 0.4) is 0 Å². The highest BCUT2D eigenvalue weighted by Gasteiger charge is 2.35. The third-order valence-electron chi connectivity index (χ3n) is 5.66. The smallest absolute Gasteiger partial charge is 0.259 e. The first-order valence-electron chi connectivity index (χ1n) is 9.36. The molecule has 1 unspecified atom stereocenters. The van der Waals surface area contributed by atoms with Crippen molar-refractivity contribution >= 4 is 22.9 Å². The number of pyridine rings is 1. The van der Waals surface area contributed by atoms with Gasteiger partial charge in [0.2, 0.25) is 5.91 Å². The van der Waals surface area contributed by atoms with Crippen LogP contribution in [-0.2, 0) is 4.79 Å². The van der Waals surface area contributed by atoms with E-state index in [1.54, 1.807) is 13.1 Å². The Bertz CT molecular complexity index is 854. The van der Waals surface area contributed by atoms with Crippen LogP contribution in [0.25, 0.3) is 11.1 Å². The summed E-state index contributed by atoms with van der Waals surface area (Å²) in [5, 5.41) is 7.58. The molecular formula is C19H24N4O3. The van der Waals surface area contributed by atoms with Gasteiger partial charge in [-0.3, -0.25) is 9.59 Å². The number of carbonyl (C=O) groups is 2. The average molecular weight is 356 g/mol. The number of aromatic nitrogens is 2. The van der Waals surface area contributed by atoms with Crippen LogP contribution in [0.1, 0.15) is 59.8 Å². The van der Waals surface area contributed by atoms with Gasteiger partial charge in [-0.15, -0.1) is 0 Å². The minimum Gasteiger partial charge on any atom is -0.355 e. The number of amides is 2. The second kappa shape index (κ2) is 6.70.